The molecule has 1 heterocycles. The molecule has 0 aliphatic carbocycles. The summed E-state index contributed by atoms with van der Waals surface area (Å²) < 4.78 is 4.38. The molecule has 13 heavy (non-hydrogen) atoms. The molecule has 0 spiro atoms. The van der Waals surface area contributed by atoms with E-state index in [-0.39, 0.29) is 27.5 Å². The summed E-state index contributed by atoms with van der Waals surface area (Å²) in [6, 6.07) is 1.20. The van der Waals surface area contributed by atoms with Crippen LogP contribution in [0.1, 0.15) is 0 Å². The monoisotopic (exact) mass is 197 g/mol. The predicted octanol–water partition coefficient (Wildman–Crippen LogP) is 2.07. The maximum absolute atomic E-state index is 9.26. The highest BCUT2D eigenvalue weighted by atomic mass is 35.5. The summed E-state index contributed by atoms with van der Waals surface area (Å²) in [7, 11) is 0. The number of nitrogens with zero attached hydrogens (tertiary/aromatic N) is 4. The number of hydrogen-bond acceptors (Lipinski definition) is 5. The van der Waals surface area contributed by atoms with Gasteiger partial charge in [-0.2, -0.15) is 0 Å². The first kappa shape index (κ1) is 7.76. The van der Waals surface area contributed by atoms with Crippen molar-refractivity contribution in [2.45, 2.75) is 0 Å². The Labute approximate surface area is 76.3 Å². The number of hydrogen-bond donors (Lipinski definition) is 1. The van der Waals surface area contributed by atoms with Gasteiger partial charge in [0.25, 0.3) is 0 Å². The number of aromatic hydroxyl groups is 1. The molecule has 1 N–H and O–H groups in total. The first-order valence-corrected chi connectivity index (χ1v) is 3.60. The van der Waals surface area contributed by atoms with Gasteiger partial charge in [0, 0.05) is 6.07 Å². The van der Waals surface area contributed by atoms with Crippen LogP contribution in [0.15, 0.2) is 10.7 Å². The standard InChI is InChI=1S/C6HClN4O2/c7-2-1-3(12)5(9-8)6-4(2)10-13-11-6/h1H/p+1. The van der Waals surface area contributed by atoms with Crippen molar-refractivity contribution in [3.8, 4) is 5.75 Å². The molecule has 0 unspecified atom stereocenters. The number of phenolic OH excluding ortho intramolecular Hbond substituents is 1. The molecule has 0 bridgehead atoms. The van der Waals surface area contributed by atoms with E-state index in [9.17, 15) is 5.11 Å². The summed E-state index contributed by atoms with van der Waals surface area (Å²) >= 11 is 5.69. The van der Waals surface area contributed by atoms with Crippen molar-refractivity contribution in [1.82, 2.24) is 10.3 Å². The summed E-state index contributed by atoms with van der Waals surface area (Å²) in [6.45, 7) is 0. The molecular formula is C6H2ClN4O2+. The van der Waals surface area contributed by atoms with Gasteiger partial charge in [0.2, 0.25) is 16.7 Å². The lowest BCUT2D eigenvalue weighted by Crippen LogP contribution is -1.74. The third-order valence-corrected chi connectivity index (χ3v) is 1.83. The number of phenols is 1. The average molecular weight is 198 g/mol. The zero-order chi connectivity index (χ0) is 9.42. The van der Waals surface area contributed by atoms with Crippen LogP contribution < -0.4 is 0 Å². The minimum absolute atomic E-state index is 0.111. The third-order valence-electron chi connectivity index (χ3n) is 1.55. The molecule has 0 saturated heterocycles. The molecule has 0 fully saturated rings. The molecule has 1 aromatic heterocycles. The fourth-order valence-electron chi connectivity index (χ4n) is 0.977. The number of diazo groups is 1. The van der Waals surface area contributed by atoms with Gasteiger partial charge >= 0.3 is 5.69 Å². The van der Waals surface area contributed by atoms with E-state index in [1.165, 1.54) is 6.07 Å². The summed E-state index contributed by atoms with van der Waals surface area (Å²) in [5.41, 5.74) is 0.250. The maximum atomic E-state index is 9.26. The second-order valence-electron chi connectivity index (χ2n) is 2.29. The predicted molar refractivity (Wildman–Crippen MR) is 43.2 cm³/mol. The molecule has 7 heteroatoms. The van der Waals surface area contributed by atoms with Gasteiger partial charge in [-0.1, -0.05) is 11.6 Å². The molecular weight excluding hydrogens is 196 g/mol. The molecule has 1 aromatic carbocycles. The number of rotatable bonds is 0. The molecule has 2 rings (SSSR count). The Morgan fingerprint density at radius 3 is 2.85 bits per heavy atom. The Morgan fingerprint density at radius 1 is 1.46 bits per heavy atom. The molecule has 0 radical (unpaired) electrons. The van der Waals surface area contributed by atoms with Gasteiger partial charge < -0.3 is 5.11 Å². The Balaban J connectivity index is 2.99. The molecule has 2 aromatic rings. The Morgan fingerprint density at radius 2 is 2.15 bits per heavy atom. The van der Waals surface area contributed by atoms with Crippen molar-refractivity contribution < 1.29 is 9.74 Å². The third kappa shape index (κ3) is 0.981. The Hall–Kier alpha value is -1.87. The Kier molecular flexibility index (Phi) is 1.53. The molecule has 0 saturated carbocycles. The molecule has 0 atom stereocenters. The lowest BCUT2D eigenvalue weighted by atomic mass is 10.2. The van der Waals surface area contributed by atoms with E-state index >= 15 is 0 Å². The summed E-state index contributed by atoms with van der Waals surface area (Å²) in [5.74, 6) is -0.282. The van der Waals surface area contributed by atoms with Crippen molar-refractivity contribution >= 4 is 28.3 Å². The van der Waals surface area contributed by atoms with Gasteiger partial charge in [0.1, 0.15) is 0 Å². The van der Waals surface area contributed by atoms with E-state index in [1.807, 2.05) is 0 Å². The average Bonchev–Trinajstić information content (AvgIpc) is 2.53. The highest BCUT2D eigenvalue weighted by molar-refractivity contribution is 6.35. The topological polar surface area (TPSA) is 87.3 Å². The highest BCUT2D eigenvalue weighted by Crippen LogP contribution is 2.37. The number of aromatic nitrogens is 2. The van der Waals surface area contributed by atoms with Crippen LogP contribution in [0, 0.1) is 5.39 Å². The van der Waals surface area contributed by atoms with Crippen LogP contribution in [-0.4, -0.2) is 15.4 Å². The van der Waals surface area contributed by atoms with Crippen LogP contribution >= 0.6 is 11.6 Å². The zero-order valence-corrected chi connectivity index (χ0v) is 6.86. The van der Waals surface area contributed by atoms with E-state index in [4.69, 9.17) is 17.0 Å². The SMILES string of the molecule is N#[N+]c1c(O)cc(Cl)c2nonc12. The van der Waals surface area contributed by atoms with Crippen LogP contribution in [0.3, 0.4) is 0 Å². The fraction of sp³-hybridized carbons (Fsp3) is 0. The van der Waals surface area contributed by atoms with Crippen molar-refractivity contribution in [1.29, 1.82) is 5.39 Å². The maximum Gasteiger partial charge on any atom is 0.457 e. The zero-order valence-electron chi connectivity index (χ0n) is 6.10. The number of halogens is 1. The largest absolute Gasteiger partial charge is 0.501 e. The smallest absolute Gasteiger partial charge is 0.457 e. The summed E-state index contributed by atoms with van der Waals surface area (Å²) in [5, 5.41) is 24.9. The van der Waals surface area contributed by atoms with Crippen LogP contribution in [-0.2, 0) is 0 Å². The van der Waals surface area contributed by atoms with E-state index in [0.29, 0.717) is 0 Å². The van der Waals surface area contributed by atoms with Crippen molar-refractivity contribution in [2.24, 2.45) is 0 Å². The van der Waals surface area contributed by atoms with Crippen LogP contribution in [0.2, 0.25) is 5.02 Å². The van der Waals surface area contributed by atoms with E-state index in [1.54, 1.807) is 0 Å². The van der Waals surface area contributed by atoms with Gasteiger partial charge in [0.05, 0.1) is 5.02 Å². The van der Waals surface area contributed by atoms with Crippen molar-refractivity contribution in [3.63, 3.8) is 0 Å². The Bertz CT molecular complexity index is 515. The molecule has 0 aliphatic rings. The van der Waals surface area contributed by atoms with E-state index in [2.05, 4.69) is 19.9 Å². The molecule has 6 nitrogen and oxygen atoms in total. The fourth-order valence-corrected chi connectivity index (χ4v) is 1.20. The minimum atomic E-state index is -0.282. The summed E-state index contributed by atoms with van der Waals surface area (Å²) in [4.78, 5) is 2.84. The second-order valence-corrected chi connectivity index (χ2v) is 2.69. The first-order chi connectivity index (χ1) is 6.24. The van der Waals surface area contributed by atoms with Crippen LogP contribution in [0.4, 0.5) is 5.69 Å². The van der Waals surface area contributed by atoms with Gasteiger partial charge in [-0.3, -0.25) is 0 Å². The lowest BCUT2D eigenvalue weighted by Gasteiger charge is -1.88. The highest BCUT2D eigenvalue weighted by Gasteiger charge is 2.25. The molecule has 0 aliphatic heterocycles. The normalized spacial score (nSPS) is 10.2. The second kappa shape index (κ2) is 2.57. The van der Waals surface area contributed by atoms with Crippen LogP contribution in [0.5, 0.6) is 5.75 Å². The number of fused-ring (bicyclic) bond motifs is 1. The van der Waals surface area contributed by atoms with Gasteiger partial charge in [-0.05, 0) is 10.3 Å². The van der Waals surface area contributed by atoms with E-state index < -0.39 is 0 Å². The van der Waals surface area contributed by atoms with Crippen molar-refractivity contribution in [3.05, 3.63) is 16.1 Å². The number of benzene rings is 1. The molecule has 64 valence electrons. The van der Waals surface area contributed by atoms with Crippen molar-refractivity contribution in [2.75, 3.05) is 0 Å². The first-order valence-electron chi connectivity index (χ1n) is 3.23. The van der Waals surface area contributed by atoms with Gasteiger partial charge in [0.15, 0.2) is 10.5 Å². The quantitative estimate of drug-likeness (QED) is 0.653. The minimum Gasteiger partial charge on any atom is -0.501 e. The summed E-state index contributed by atoms with van der Waals surface area (Å²) in [6.07, 6.45) is 0. The van der Waals surface area contributed by atoms with Gasteiger partial charge in [-0.15, -0.1) is 0 Å². The molecule has 0 amide bonds. The van der Waals surface area contributed by atoms with Gasteiger partial charge in [-0.25, -0.2) is 4.63 Å². The van der Waals surface area contributed by atoms with Crippen LogP contribution in [0.25, 0.3) is 16.0 Å². The lowest BCUT2D eigenvalue weighted by molar-refractivity contribution is 0.315. The van der Waals surface area contributed by atoms with E-state index in [0.717, 1.165) is 0 Å².